The fourth-order valence-corrected chi connectivity index (χ4v) is 3.95. The van der Waals surface area contributed by atoms with Crippen molar-refractivity contribution in [2.45, 2.75) is 39.2 Å². The van der Waals surface area contributed by atoms with Crippen LogP contribution in [0.25, 0.3) is 11.0 Å². The molecule has 1 amide bonds. The molecule has 1 aliphatic heterocycles. The van der Waals surface area contributed by atoms with E-state index in [0.29, 0.717) is 24.7 Å². The summed E-state index contributed by atoms with van der Waals surface area (Å²) < 4.78 is 7.11. The van der Waals surface area contributed by atoms with Crippen LogP contribution in [0, 0.1) is 0 Å². The van der Waals surface area contributed by atoms with E-state index < -0.39 is 0 Å². The topological polar surface area (TPSA) is 76.5 Å². The lowest BCUT2D eigenvalue weighted by molar-refractivity contribution is -0.116. The number of piperidine rings is 1. The molecule has 7 heteroatoms. The summed E-state index contributed by atoms with van der Waals surface area (Å²) in [5, 5.41) is 2.89. The van der Waals surface area contributed by atoms with E-state index in [1.807, 2.05) is 55.5 Å². The molecule has 3 aromatic rings. The number of fused-ring (bicyclic) bond motifs is 1. The van der Waals surface area contributed by atoms with Crippen LogP contribution in [-0.2, 0) is 11.3 Å². The number of anilines is 2. The Kier molecular flexibility index (Phi) is 6.50. The lowest BCUT2D eigenvalue weighted by Gasteiger charge is -2.27. The molecule has 162 valence electrons. The molecule has 0 aliphatic carbocycles. The van der Waals surface area contributed by atoms with Crippen LogP contribution >= 0.6 is 0 Å². The van der Waals surface area contributed by atoms with E-state index in [2.05, 4.69) is 15.2 Å². The van der Waals surface area contributed by atoms with Crippen molar-refractivity contribution in [1.29, 1.82) is 0 Å². The van der Waals surface area contributed by atoms with Crippen LogP contribution in [-0.4, -0.2) is 35.2 Å². The molecule has 1 N–H and O–H groups in total. The molecule has 1 aromatic heterocycles. The number of para-hydroxylation sites is 2. The maximum Gasteiger partial charge on any atom is 0.294 e. The van der Waals surface area contributed by atoms with Crippen molar-refractivity contribution in [3.05, 3.63) is 58.9 Å². The molecule has 0 unspecified atom stereocenters. The summed E-state index contributed by atoms with van der Waals surface area (Å²) in [4.78, 5) is 32.5. The molecule has 1 fully saturated rings. The van der Waals surface area contributed by atoms with Gasteiger partial charge in [0, 0.05) is 31.7 Å². The van der Waals surface area contributed by atoms with E-state index in [0.717, 1.165) is 42.7 Å². The molecule has 1 saturated heterocycles. The number of carbonyl (C=O) groups excluding carboxylic acids is 1. The van der Waals surface area contributed by atoms with E-state index in [1.165, 1.54) is 6.42 Å². The predicted octanol–water partition coefficient (Wildman–Crippen LogP) is 3.81. The number of benzene rings is 2. The van der Waals surface area contributed by atoms with Gasteiger partial charge in [-0.1, -0.05) is 12.1 Å². The largest absolute Gasteiger partial charge is 0.494 e. The standard InChI is InChI=1S/C24H28N4O3/c1-2-31-19-12-10-18(11-13-19)25-22(29)14-17-28-21-9-5-4-8-20(21)26-23(24(28)30)27-15-6-3-7-16-27/h4-5,8-13H,2-3,6-7,14-17H2,1H3,(H,25,29). The highest BCUT2D eigenvalue weighted by Gasteiger charge is 2.19. The van der Waals surface area contributed by atoms with Crippen molar-refractivity contribution in [1.82, 2.24) is 9.55 Å². The SMILES string of the molecule is CCOc1ccc(NC(=O)CCn2c(=O)c(N3CCCCC3)nc3ccccc32)cc1. The van der Waals surface area contributed by atoms with Crippen LogP contribution in [0.15, 0.2) is 53.3 Å². The minimum Gasteiger partial charge on any atom is -0.494 e. The van der Waals surface area contributed by atoms with Crippen LogP contribution < -0.4 is 20.5 Å². The predicted molar refractivity (Wildman–Crippen MR) is 123 cm³/mol. The first-order chi connectivity index (χ1) is 15.2. The first-order valence-electron chi connectivity index (χ1n) is 10.9. The van der Waals surface area contributed by atoms with Gasteiger partial charge >= 0.3 is 0 Å². The number of amides is 1. The maximum absolute atomic E-state index is 13.3. The molecule has 0 spiro atoms. The monoisotopic (exact) mass is 420 g/mol. The Morgan fingerprint density at radius 3 is 2.55 bits per heavy atom. The molecule has 0 bridgehead atoms. The lowest BCUT2D eigenvalue weighted by Crippen LogP contribution is -2.37. The number of hydrogen-bond acceptors (Lipinski definition) is 5. The van der Waals surface area contributed by atoms with Gasteiger partial charge in [0.15, 0.2) is 5.82 Å². The minimum atomic E-state index is -0.142. The number of carbonyl (C=O) groups is 1. The Hall–Kier alpha value is -3.35. The zero-order valence-electron chi connectivity index (χ0n) is 17.8. The second kappa shape index (κ2) is 9.64. The minimum absolute atomic E-state index is 0.130. The van der Waals surface area contributed by atoms with Gasteiger partial charge in [0.1, 0.15) is 5.75 Å². The van der Waals surface area contributed by atoms with Gasteiger partial charge in [-0.15, -0.1) is 0 Å². The van der Waals surface area contributed by atoms with Crippen LogP contribution in [0.5, 0.6) is 5.75 Å². The van der Waals surface area contributed by atoms with Gasteiger partial charge in [0.05, 0.1) is 17.6 Å². The second-order valence-electron chi connectivity index (χ2n) is 7.68. The Labute approximate surface area is 181 Å². The highest BCUT2D eigenvalue weighted by molar-refractivity contribution is 5.90. The molecule has 0 radical (unpaired) electrons. The van der Waals surface area contributed by atoms with Gasteiger partial charge in [-0.05, 0) is 62.6 Å². The molecule has 7 nitrogen and oxygen atoms in total. The van der Waals surface area contributed by atoms with E-state index in [9.17, 15) is 9.59 Å². The number of hydrogen-bond donors (Lipinski definition) is 1. The third kappa shape index (κ3) is 4.87. The Balaban J connectivity index is 1.52. The fourth-order valence-electron chi connectivity index (χ4n) is 3.95. The smallest absolute Gasteiger partial charge is 0.294 e. The third-order valence-corrected chi connectivity index (χ3v) is 5.50. The first-order valence-corrected chi connectivity index (χ1v) is 10.9. The first kappa shape index (κ1) is 20.9. The molecular weight excluding hydrogens is 392 g/mol. The van der Waals surface area contributed by atoms with E-state index in [4.69, 9.17) is 4.74 Å². The van der Waals surface area contributed by atoms with E-state index >= 15 is 0 Å². The van der Waals surface area contributed by atoms with Crippen LogP contribution in [0.1, 0.15) is 32.6 Å². The Morgan fingerprint density at radius 1 is 1.06 bits per heavy atom. The summed E-state index contributed by atoms with van der Waals surface area (Å²) in [6.45, 7) is 4.51. The molecule has 4 rings (SSSR count). The highest BCUT2D eigenvalue weighted by Crippen LogP contribution is 2.19. The quantitative estimate of drug-likeness (QED) is 0.629. The average Bonchev–Trinajstić information content (AvgIpc) is 2.80. The molecule has 0 atom stereocenters. The average molecular weight is 421 g/mol. The molecule has 0 saturated carbocycles. The van der Waals surface area contributed by atoms with Crippen LogP contribution in [0.2, 0.25) is 0 Å². The van der Waals surface area contributed by atoms with Crippen molar-refractivity contribution in [3.63, 3.8) is 0 Å². The van der Waals surface area contributed by atoms with Gasteiger partial charge in [-0.3, -0.25) is 9.59 Å². The van der Waals surface area contributed by atoms with Gasteiger partial charge in [0.25, 0.3) is 5.56 Å². The third-order valence-electron chi connectivity index (χ3n) is 5.50. The summed E-state index contributed by atoms with van der Waals surface area (Å²) in [7, 11) is 0. The Bertz CT molecular complexity index is 1100. The zero-order valence-corrected chi connectivity index (χ0v) is 17.8. The number of nitrogens with zero attached hydrogens (tertiary/aromatic N) is 3. The molecule has 1 aliphatic rings. The van der Waals surface area contributed by atoms with Crippen molar-refractivity contribution < 1.29 is 9.53 Å². The summed E-state index contributed by atoms with van der Waals surface area (Å²) in [6.07, 6.45) is 3.52. The maximum atomic E-state index is 13.3. The summed E-state index contributed by atoms with van der Waals surface area (Å²) in [5.41, 5.74) is 2.10. The number of aryl methyl sites for hydroxylation is 1. The summed E-state index contributed by atoms with van der Waals surface area (Å²) in [6, 6.07) is 14.9. The van der Waals surface area contributed by atoms with Gasteiger partial charge < -0.3 is 19.5 Å². The van der Waals surface area contributed by atoms with E-state index in [-0.39, 0.29) is 17.9 Å². The van der Waals surface area contributed by atoms with Crippen LogP contribution in [0.4, 0.5) is 11.5 Å². The number of rotatable bonds is 7. The second-order valence-corrected chi connectivity index (χ2v) is 7.68. The number of nitrogens with one attached hydrogen (secondary N) is 1. The fraction of sp³-hybridized carbons (Fsp3) is 0.375. The molecular formula is C24H28N4O3. The van der Waals surface area contributed by atoms with Gasteiger partial charge in [-0.2, -0.15) is 0 Å². The number of ether oxygens (including phenoxy) is 1. The Morgan fingerprint density at radius 2 is 1.81 bits per heavy atom. The normalized spacial score (nSPS) is 13.9. The lowest BCUT2D eigenvalue weighted by atomic mass is 10.1. The zero-order chi connectivity index (χ0) is 21.6. The number of aromatic nitrogens is 2. The van der Waals surface area contributed by atoms with Gasteiger partial charge in [0.2, 0.25) is 5.91 Å². The molecule has 2 aromatic carbocycles. The van der Waals surface area contributed by atoms with Crippen molar-refractivity contribution in [3.8, 4) is 5.75 Å². The van der Waals surface area contributed by atoms with Gasteiger partial charge in [-0.25, -0.2) is 4.98 Å². The molecule has 31 heavy (non-hydrogen) atoms. The van der Waals surface area contributed by atoms with Crippen molar-refractivity contribution >= 4 is 28.4 Å². The summed E-state index contributed by atoms with van der Waals surface area (Å²) in [5.74, 6) is 1.11. The van der Waals surface area contributed by atoms with Crippen LogP contribution in [0.3, 0.4) is 0 Å². The highest BCUT2D eigenvalue weighted by atomic mass is 16.5. The summed E-state index contributed by atoms with van der Waals surface area (Å²) >= 11 is 0. The van der Waals surface area contributed by atoms with E-state index in [1.54, 1.807) is 4.57 Å². The molecule has 2 heterocycles. The van der Waals surface area contributed by atoms with Crippen molar-refractivity contribution in [2.24, 2.45) is 0 Å². The van der Waals surface area contributed by atoms with Crippen molar-refractivity contribution in [2.75, 3.05) is 29.9 Å².